The highest BCUT2D eigenvalue weighted by Gasteiger charge is 2.28. The van der Waals surface area contributed by atoms with Crippen LogP contribution < -0.4 is 0 Å². The predicted molar refractivity (Wildman–Crippen MR) is 106 cm³/mol. The molecular weight excluding hydrogens is 413 g/mol. The second-order valence-corrected chi connectivity index (χ2v) is 6.93. The lowest BCUT2D eigenvalue weighted by atomic mass is 10.2. The van der Waals surface area contributed by atoms with Crippen molar-refractivity contribution in [2.24, 2.45) is 5.10 Å². The van der Waals surface area contributed by atoms with Crippen molar-refractivity contribution in [3.63, 3.8) is 0 Å². The van der Waals surface area contributed by atoms with Crippen molar-refractivity contribution >= 4 is 46.8 Å². The minimum absolute atomic E-state index is 0.256. The van der Waals surface area contributed by atoms with Gasteiger partial charge in [-0.05, 0) is 35.4 Å². The number of hydrazone groups is 1. The van der Waals surface area contributed by atoms with Crippen LogP contribution in [0.1, 0.15) is 11.1 Å². The van der Waals surface area contributed by atoms with Gasteiger partial charge in [-0.15, -0.1) is 0 Å². The second-order valence-electron chi connectivity index (χ2n) is 5.73. The van der Waals surface area contributed by atoms with E-state index in [4.69, 9.17) is 34.8 Å². The molecule has 2 heterocycles. The van der Waals surface area contributed by atoms with Crippen molar-refractivity contribution in [2.75, 3.05) is 13.1 Å². The van der Waals surface area contributed by atoms with Gasteiger partial charge in [-0.3, -0.25) is 0 Å². The normalized spacial score (nSPS) is 15.9. The van der Waals surface area contributed by atoms with Crippen LogP contribution in [0.25, 0.3) is 6.08 Å². The number of benzene rings is 1. The molecule has 27 heavy (non-hydrogen) atoms. The number of aromatic nitrogens is 1. The van der Waals surface area contributed by atoms with Gasteiger partial charge in [-0.2, -0.15) is 0 Å². The Balaban J connectivity index is 1.78. The van der Waals surface area contributed by atoms with Gasteiger partial charge < -0.3 is 9.80 Å². The van der Waals surface area contributed by atoms with E-state index in [2.05, 4.69) is 10.1 Å². The van der Waals surface area contributed by atoms with E-state index < -0.39 is 5.03 Å². The van der Waals surface area contributed by atoms with Crippen molar-refractivity contribution in [1.82, 2.24) is 14.8 Å². The lowest BCUT2D eigenvalue weighted by Crippen LogP contribution is -2.31. The molecule has 0 radical (unpaired) electrons. The molecular formula is C17H14Cl3N5O2. The standard InChI is InChI=1S/C17H14Cl3N5O2/c18-14-3-1-12(9-15(14)19)5-6-23-7-8-24(17(23)22-25(26)27)11-13-2-4-16(20)21-10-13/h1-6,9-10H,7-8,11H2. The fourth-order valence-electron chi connectivity index (χ4n) is 2.61. The zero-order chi connectivity index (χ0) is 19.4. The molecule has 1 aromatic heterocycles. The molecule has 1 saturated heterocycles. The van der Waals surface area contributed by atoms with E-state index in [9.17, 15) is 10.1 Å². The van der Waals surface area contributed by atoms with Gasteiger partial charge in [0.1, 0.15) is 10.3 Å². The molecule has 0 atom stereocenters. The summed E-state index contributed by atoms with van der Waals surface area (Å²) >= 11 is 17.7. The molecule has 0 saturated carbocycles. The molecule has 0 bridgehead atoms. The molecule has 1 aromatic carbocycles. The quantitative estimate of drug-likeness (QED) is 0.403. The van der Waals surface area contributed by atoms with Crippen LogP contribution in [0.3, 0.4) is 0 Å². The molecule has 0 amide bonds. The Labute approximate surface area is 170 Å². The van der Waals surface area contributed by atoms with Crippen molar-refractivity contribution in [3.05, 3.63) is 79.2 Å². The van der Waals surface area contributed by atoms with Crippen LogP contribution >= 0.6 is 34.8 Å². The molecule has 2 aromatic rings. The van der Waals surface area contributed by atoms with Gasteiger partial charge in [0.05, 0.1) is 10.0 Å². The summed E-state index contributed by atoms with van der Waals surface area (Å²) < 4.78 is 0. The molecule has 0 N–H and O–H groups in total. The van der Waals surface area contributed by atoms with E-state index in [1.54, 1.807) is 41.6 Å². The highest BCUT2D eigenvalue weighted by atomic mass is 35.5. The Bertz CT molecular complexity index is 902. The monoisotopic (exact) mass is 425 g/mol. The van der Waals surface area contributed by atoms with Crippen LogP contribution in [-0.4, -0.2) is 38.9 Å². The number of hydrogen-bond acceptors (Lipinski definition) is 3. The third-order valence-electron chi connectivity index (χ3n) is 3.87. The van der Waals surface area contributed by atoms with Gasteiger partial charge in [-0.25, -0.2) is 15.1 Å². The van der Waals surface area contributed by atoms with Gasteiger partial charge in [0.2, 0.25) is 0 Å². The first-order valence-electron chi connectivity index (χ1n) is 7.90. The number of guanidine groups is 1. The first-order valence-corrected chi connectivity index (χ1v) is 9.04. The highest BCUT2D eigenvalue weighted by molar-refractivity contribution is 6.42. The molecule has 10 heteroatoms. The summed E-state index contributed by atoms with van der Waals surface area (Å²) in [6, 6.07) is 8.73. The third-order valence-corrected chi connectivity index (χ3v) is 4.84. The third kappa shape index (κ3) is 5.09. The zero-order valence-electron chi connectivity index (χ0n) is 13.9. The van der Waals surface area contributed by atoms with Gasteiger partial charge >= 0.3 is 0 Å². The summed E-state index contributed by atoms with van der Waals surface area (Å²) in [6.45, 7) is 1.58. The summed E-state index contributed by atoms with van der Waals surface area (Å²) in [5, 5.41) is 15.1. The van der Waals surface area contributed by atoms with Gasteiger partial charge in [0.15, 0.2) is 5.03 Å². The number of halogens is 3. The van der Waals surface area contributed by atoms with E-state index in [1.165, 1.54) is 0 Å². The smallest absolute Gasteiger partial charge is 0.278 e. The van der Waals surface area contributed by atoms with Crippen molar-refractivity contribution < 1.29 is 5.03 Å². The summed E-state index contributed by atoms with van der Waals surface area (Å²) in [5.74, 6) is 0.256. The number of rotatable bonds is 5. The SMILES string of the molecule is O=[N+]([O-])N=C1N(C=Cc2ccc(Cl)c(Cl)c2)CCN1Cc1ccc(Cl)nc1. The number of hydrogen-bond donors (Lipinski definition) is 0. The van der Waals surface area contributed by atoms with Crippen LogP contribution in [0.5, 0.6) is 0 Å². The Morgan fingerprint density at radius 1 is 1.19 bits per heavy atom. The Kier molecular flexibility index (Phi) is 6.15. The second kappa shape index (κ2) is 8.56. The molecule has 3 rings (SSSR count). The van der Waals surface area contributed by atoms with Crippen LogP contribution in [0.15, 0.2) is 47.8 Å². The summed E-state index contributed by atoms with van der Waals surface area (Å²) in [7, 11) is 0. The maximum atomic E-state index is 11.0. The lowest BCUT2D eigenvalue weighted by Gasteiger charge is -2.18. The van der Waals surface area contributed by atoms with Crippen LogP contribution in [0.4, 0.5) is 0 Å². The van der Waals surface area contributed by atoms with E-state index in [0.29, 0.717) is 34.8 Å². The highest BCUT2D eigenvalue weighted by Crippen LogP contribution is 2.23. The minimum Gasteiger partial charge on any atom is -0.331 e. The van der Waals surface area contributed by atoms with Gasteiger partial charge in [0.25, 0.3) is 5.96 Å². The molecule has 1 aliphatic heterocycles. The van der Waals surface area contributed by atoms with Crippen LogP contribution in [-0.2, 0) is 6.54 Å². The molecule has 140 valence electrons. The van der Waals surface area contributed by atoms with E-state index in [-0.39, 0.29) is 5.96 Å². The van der Waals surface area contributed by atoms with Gasteiger partial charge in [-0.1, -0.05) is 46.9 Å². The molecule has 1 aliphatic rings. The van der Waals surface area contributed by atoms with E-state index >= 15 is 0 Å². The maximum absolute atomic E-state index is 11.0. The fraction of sp³-hybridized carbons (Fsp3) is 0.176. The van der Waals surface area contributed by atoms with E-state index in [1.807, 2.05) is 17.0 Å². The predicted octanol–water partition coefficient (Wildman–Crippen LogP) is 4.38. The Morgan fingerprint density at radius 3 is 2.67 bits per heavy atom. The average Bonchev–Trinajstić information content (AvgIpc) is 2.99. The number of pyridine rings is 1. The fourth-order valence-corrected chi connectivity index (χ4v) is 3.03. The summed E-state index contributed by atoms with van der Waals surface area (Å²) in [5.41, 5.74) is 1.70. The van der Waals surface area contributed by atoms with Crippen molar-refractivity contribution in [3.8, 4) is 0 Å². The molecule has 0 unspecified atom stereocenters. The van der Waals surface area contributed by atoms with Crippen LogP contribution in [0, 0.1) is 10.1 Å². The Morgan fingerprint density at radius 2 is 2.00 bits per heavy atom. The lowest BCUT2D eigenvalue weighted by molar-refractivity contribution is -0.486. The average molecular weight is 427 g/mol. The topological polar surface area (TPSA) is 74.9 Å². The zero-order valence-corrected chi connectivity index (χ0v) is 16.2. The minimum atomic E-state index is -0.701. The molecule has 7 nitrogen and oxygen atoms in total. The van der Waals surface area contributed by atoms with E-state index in [0.717, 1.165) is 11.1 Å². The molecule has 0 aliphatic carbocycles. The van der Waals surface area contributed by atoms with Crippen molar-refractivity contribution in [1.29, 1.82) is 0 Å². The maximum Gasteiger partial charge on any atom is 0.278 e. The van der Waals surface area contributed by atoms with Crippen molar-refractivity contribution in [2.45, 2.75) is 6.54 Å². The molecule has 1 fully saturated rings. The largest absolute Gasteiger partial charge is 0.331 e. The van der Waals surface area contributed by atoms with Crippen LogP contribution in [0.2, 0.25) is 15.2 Å². The summed E-state index contributed by atoms with van der Waals surface area (Å²) in [6.07, 6.45) is 5.17. The first-order chi connectivity index (χ1) is 12.9. The molecule has 0 spiro atoms. The van der Waals surface area contributed by atoms with Gasteiger partial charge in [0, 0.05) is 32.0 Å². The number of nitro groups is 1. The first kappa shape index (κ1) is 19.4. The number of nitrogens with zero attached hydrogens (tertiary/aromatic N) is 5. The Hall–Kier alpha value is -2.35. The summed E-state index contributed by atoms with van der Waals surface area (Å²) in [4.78, 5) is 18.5.